The van der Waals surface area contributed by atoms with Crippen molar-refractivity contribution in [3.05, 3.63) is 56.4 Å². The van der Waals surface area contributed by atoms with Crippen LogP contribution in [0.3, 0.4) is 0 Å². The summed E-state index contributed by atoms with van der Waals surface area (Å²) in [5.41, 5.74) is 3.58. The van der Waals surface area contributed by atoms with E-state index in [1.165, 1.54) is 11.8 Å². The Morgan fingerprint density at radius 1 is 1.23 bits per heavy atom. The minimum absolute atomic E-state index is 0.181. The summed E-state index contributed by atoms with van der Waals surface area (Å²) in [6, 6.07) is 9.32. The molecule has 0 atom stereocenters. The van der Waals surface area contributed by atoms with Gasteiger partial charge in [-0.25, -0.2) is 0 Å². The van der Waals surface area contributed by atoms with E-state index in [4.69, 9.17) is 40.2 Å². The molecule has 1 N–H and O–H groups in total. The van der Waals surface area contributed by atoms with E-state index in [0.717, 1.165) is 34.4 Å². The van der Waals surface area contributed by atoms with E-state index in [2.05, 4.69) is 5.32 Å². The maximum Gasteiger partial charge on any atom is 0.263 e. The van der Waals surface area contributed by atoms with E-state index in [1.54, 1.807) is 19.2 Å². The van der Waals surface area contributed by atoms with Crippen LogP contribution >= 0.6 is 47.2 Å². The third-order valence-electron chi connectivity index (χ3n) is 3.93. The van der Waals surface area contributed by atoms with Crippen molar-refractivity contribution in [3.63, 3.8) is 0 Å². The highest BCUT2D eigenvalue weighted by Gasteiger charge is 2.22. The van der Waals surface area contributed by atoms with Gasteiger partial charge in [-0.2, -0.15) is 0 Å². The maximum atomic E-state index is 12.0. The lowest BCUT2D eigenvalue weighted by Crippen LogP contribution is -2.17. The molecule has 1 aliphatic rings. The number of hydrogen-bond acceptors (Lipinski definition) is 4. The van der Waals surface area contributed by atoms with E-state index in [1.807, 2.05) is 31.2 Å². The number of benzene rings is 2. The molecule has 0 saturated carbocycles. The molecular formula is C19H15Cl2NO2S2. The standard InChI is InChI=1S/C19H15Cl2NO2S2/c1-3-11-6-10(8-16-18(23)22-19(25)26-16)7-14(17(11)24-2)13-5-4-12(20)9-15(13)21/h4-9H,3H2,1-2H3,(H,22,23,25)/b16-8-. The molecule has 1 fully saturated rings. The molecule has 0 aromatic heterocycles. The molecule has 7 heteroatoms. The first-order valence-corrected chi connectivity index (χ1v) is 9.82. The van der Waals surface area contributed by atoms with Crippen LogP contribution in [0.25, 0.3) is 17.2 Å². The van der Waals surface area contributed by atoms with Crippen LogP contribution in [-0.4, -0.2) is 17.3 Å². The van der Waals surface area contributed by atoms with Crippen molar-refractivity contribution >= 4 is 63.5 Å². The number of nitrogens with one attached hydrogen (secondary N) is 1. The molecule has 2 aromatic rings. The Morgan fingerprint density at radius 2 is 2.00 bits per heavy atom. The van der Waals surface area contributed by atoms with Gasteiger partial charge in [-0.15, -0.1) is 0 Å². The Kier molecular flexibility index (Phi) is 5.92. The summed E-state index contributed by atoms with van der Waals surface area (Å²) in [5.74, 6) is 0.581. The highest BCUT2D eigenvalue weighted by molar-refractivity contribution is 8.26. The zero-order valence-corrected chi connectivity index (χ0v) is 17.2. The number of thioether (sulfide) groups is 1. The lowest BCUT2D eigenvalue weighted by molar-refractivity contribution is -0.115. The van der Waals surface area contributed by atoms with Gasteiger partial charge in [-0.1, -0.05) is 60.2 Å². The summed E-state index contributed by atoms with van der Waals surface area (Å²) in [4.78, 5) is 12.5. The van der Waals surface area contributed by atoms with Gasteiger partial charge in [0.05, 0.1) is 17.0 Å². The van der Waals surface area contributed by atoms with Crippen molar-refractivity contribution < 1.29 is 9.53 Å². The molecule has 0 aliphatic carbocycles. The van der Waals surface area contributed by atoms with Crippen LogP contribution in [-0.2, 0) is 11.2 Å². The molecular weight excluding hydrogens is 409 g/mol. The average molecular weight is 424 g/mol. The Labute approximate surface area is 171 Å². The van der Waals surface area contributed by atoms with Crippen molar-refractivity contribution in [2.45, 2.75) is 13.3 Å². The lowest BCUT2D eigenvalue weighted by Gasteiger charge is -2.16. The van der Waals surface area contributed by atoms with Gasteiger partial charge in [0.15, 0.2) is 0 Å². The fraction of sp³-hybridized carbons (Fsp3) is 0.158. The van der Waals surface area contributed by atoms with E-state index < -0.39 is 0 Å². The van der Waals surface area contributed by atoms with Crippen LogP contribution in [0.4, 0.5) is 0 Å². The average Bonchev–Trinajstić information content (AvgIpc) is 2.91. The molecule has 3 rings (SSSR count). The second kappa shape index (κ2) is 8.01. The van der Waals surface area contributed by atoms with Crippen molar-refractivity contribution in [2.24, 2.45) is 0 Å². The van der Waals surface area contributed by atoms with E-state index >= 15 is 0 Å². The Morgan fingerprint density at radius 3 is 2.58 bits per heavy atom. The Hall–Kier alpha value is -1.53. The van der Waals surface area contributed by atoms with Crippen LogP contribution in [0.1, 0.15) is 18.1 Å². The number of aryl methyl sites for hydroxylation is 1. The van der Waals surface area contributed by atoms with Crippen molar-refractivity contribution in [3.8, 4) is 16.9 Å². The summed E-state index contributed by atoms with van der Waals surface area (Å²) >= 11 is 18.7. The summed E-state index contributed by atoms with van der Waals surface area (Å²) in [5, 5.41) is 3.73. The number of thiocarbonyl (C=S) groups is 1. The molecule has 1 heterocycles. The number of halogens is 2. The second-order valence-electron chi connectivity index (χ2n) is 5.59. The van der Waals surface area contributed by atoms with E-state index in [9.17, 15) is 4.79 Å². The molecule has 0 radical (unpaired) electrons. The van der Waals surface area contributed by atoms with Gasteiger partial charge in [0.25, 0.3) is 5.91 Å². The molecule has 1 aliphatic heterocycles. The van der Waals surface area contributed by atoms with Crippen LogP contribution < -0.4 is 10.1 Å². The topological polar surface area (TPSA) is 38.3 Å². The van der Waals surface area contributed by atoms with E-state index in [-0.39, 0.29) is 5.91 Å². The number of hydrogen-bond donors (Lipinski definition) is 1. The summed E-state index contributed by atoms with van der Waals surface area (Å²) in [6.07, 6.45) is 2.60. The summed E-state index contributed by atoms with van der Waals surface area (Å²) < 4.78 is 6.12. The normalized spacial score (nSPS) is 15.5. The number of amides is 1. The predicted molar refractivity (Wildman–Crippen MR) is 114 cm³/mol. The smallest absolute Gasteiger partial charge is 0.263 e. The molecule has 134 valence electrons. The lowest BCUT2D eigenvalue weighted by atomic mass is 9.96. The van der Waals surface area contributed by atoms with Crippen molar-refractivity contribution in [2.75, 3.05) is 7.11 Å². The molecule has 1 saturated heterocycles. The molecule has 0 spiro atoms. The van der Waals surface area contributed by atoms with Crippen LogP contribution in [0.15, 0.2) is 35.2 Å². The van der Waals surface area contributed by atoms with Gasteiger partial charge >= 0.3 is 0 Å². The van der Waals surface area contributed by atoms with Crippen LogP contribution in [0.5, 0.6) is 5.75 Å². The summed E-state index contributed by atoms with van der Waals surface area (Å²) in [6.45, 7) is 2.05. The number of carbonyl (C=O) groups is 1. The SMILES string of the molecule is CCc1cc(/C=C2\SC(=S)NC2=O)cc(-c2ccc(Cl)cc2Cl)c1OC. The maximum absolute atomic E-state index is 12.0. The molecule has 3 nitrogen and oxygen atoms in total. The van der Waals surface area contributed by atoms with Gasteiger partial charge in [-0.05, 0) is 47.9 Å². The Balaban J connectivity index is 2.18. The van der Waals surface area contributed by atoms with Crippen molar-refractivity contribution in [1.82, 2.24) is 5.32 Å². The largest absolute Gasteiger partial charge is 0.496 e. The first-order chi connectivity index (χ1) is 12.4. The van der Waals surface area contributed by atoms with Crippen molar-refractivity contribution in [1.29, 1.82) is 0 Å². The molecule has 2 aromatic carbocycles. The number of ether oxygens (including phenoxy) is 1. The first-order valence-electron chi connectivity index (χ1n) is 7.84. The Bertz CT molecular complexity index is 941. The van der Waals surface area contributed by atoms with Gasteiger partial charge in [-0.3, -0.25) is 4.79 Å². The third-order valence-corrected chi connectivity index (χ3v) is 5.64. The monoisotopic (exact) mass is 423 g/mol. The van der Waals surface area contributed by atoms with Gasteiger partial charge in [0, 0.05) is 16.1 Å². The zero-order chi connectivity index (χ0) is 18.8. The van der Waals surface area contributed by atoms with Gasteiger partial charge < -0.3 is 10.1 Å². The van der Waals surface area contributed by atoms with Gasteiger partial charge in [0.1, 0.15) is 10.1 Å². The van der Waals surface area contributed by atoms with Gasteiger partial charge in [0.2, 0.25) is 0 Å². The number of rotatable bonds is 4. The highest BCUT2D eigenvalue weighted by atomic mass is 35.5. The highest BCUT2D eigenvalue weighted by Crippen LogP contribution is 2.40. The van der Waals surface area contributed by atoms with Crippen LogP contribution in [0.2, 0.25) is 10.0 Å². The second-order valence-corrected chi connectivity index (χ2v) is 8.15. The minimum atomic E-state index is -0.181. The predicted octanol–water partition coefficient (Wildman–Crippen LogP) is 5.72. The fourth-order valence-electron chi connectivity index (χ4n) is 2.78. The molecule has 26 heavy (non-hydrogen) atoms. The zero-order valence-electron chi connectivity index (χ0n) is 14.1. The summed E-state index contributed by atoms with van der Waals surface area (Å²) in [7, 11) is 1.64. The van der Waals surface area contributed by atoms with Crippen LogP contribution in [0, 0.1) is 0 Å². The minimum Gasteiger partial charge on any atom is -0.496 e. The molecule has 0 bridgehead atoms. The van der Waals surface area contributed by atoms with E-state index in [0.29, 0.717) is 19.3 Å². The molecule has 0 unspecified atom stereocenters. The molecule has 1 amide bonds. The fourth-order valence-corrected chi connectivity index (χ4v) is 4.34. The third kappa shape index (κ3) is 3.91. The number of carbonyl (C=O) groups excluding carboxylic acids is 1. The number of methoxy groups -OCH3 is 1. The first kappa shape index (κ1) is 19.2. The quantitative estimate of drug-likeness (QED) is 0.503.